The average molecular weight is 140 g/mol. The number of thiocarbonyl (C=S) groups is 1. The topological polar surface area (TPSA) is 52.5 Å². The van der Waals surface area contributed by atoms with Crippen LogP contribution >= 0.6 is 12.2 Å². The number of hydrogen-bond acceptors (Lipinski definition) is 2. The summed E-state index contributed by atoms with van der Waals surface area (Å²) in [6, 6.07) is 0. The monoisotopic (exact) mass is 140 g/mol. The van der Waals surface area contributed by atoms with E-state index in [2.05, 4.69) is 22.5 Å². The van der Waals surface area contributed by atoms with Gasteiger partial charge in [0.05, 0.1) is 0 Å². The summed E-state index contributed by atoms with van der Waals surface area (Å²) in [4.78, 5) is 3.75. The van der Waals surface area contributed by atoms with Crippen molar-refractivity contribution in [2.75, 3.05) is 0 Å². The zero-order chi connectivity index (χ0) is 6.85. The molecule has 2 N–H and O–H groups in total. The lowest BCUT2D eigenvalue weighted by atomic mass is 10.3. The van der Waals surface area contributed by atoms with Crippen molar-refractivity contribution in [1.82, 2.24) is 5.32 Å². The summed E-state index contributed by atoms with van der Waals surface area (Å²) < 4.78 is 0. The molecule has 0 saturated heterocycles. The van der Waals surface area contributed by atoms with Crippen molar-refractivity contribution < 1.29 is 0 Å². The van der Waals surface area contributed by atoms with E-state index in [-0.39, 0.29) is 0 Å². The van der Waals surface area contributed by atoms with Gasteiger partial charge in [0.25, 0.3) is 0 Å². The third-order valence-corrected chi connectivity index (χ3v) is 1.19. The fraction of sp³-hybridized carbons (Fsp3) is 0.200. The predicted molar refractivity (Wildman–Crippen MR) is 40.1 cm³/mol. The lowest BCUT2D eigenvalue weighted by molar-refractivity contribution is 1.19. The van der Waals surface area contributed by atoms with Gasteiger partial charge >= 0.3 is 0 Å². The highest BCUT2D eigenvalue weighted by Crippen LogP contribution is 1.97. The standard InChI is InChI=1S/C5H6N3S/c1-3-2-7-5(9)8-4(3)6/h2H,1H3,(H2,6,8,9). The lowest BCUT2D eigenvalue weighted by Crippen LogP contribution is -2.22. The van der Waals surface area contributed by atoms with E-state index in [0.29, 0.717) is 10.9 Å². The minimum absolute atomic E-state index is 0.304. The summed E-state index contributed by atoms with van der Waals surface area (Å²) in [7, 11) is 0. The van der Waals surface area contributed by atoms with E-state index in [1.807, 2.05) is 6.92 Å². The second-order valence-corrected chi connectivity index (χ2v) is 2.09. The Morgan fingerprint density at radius 1 is 1.67 bits per heavy atom. The molecule has 1 aliphatic rings. The van der Waals surface area contributed by atoms with Crippen LogP contribution < -0.4 is 11.1 Å². The van der Waals surface area contributed by atoms with E-state index in [9.17, 15) is 0 Å². The molecule has 0 atom stereocenters. The van der Waals surface area contributed by atoms with Crippen LogP contribution in [0.4, 0.5) is 0 Å². The Morgan fingerprint density at radius 3 is 2.78 bits per heavy atom. The Balaban J connectivity index is 2.87. The van der Waals surface area contributed by atoms with Crippen LogP contribution in [0.1, 0.15) is 6.92 Å². The summed E-state index contributed by atoms with van der Waals surface area (Å²) in [6.45, 7) is 1.84. The van der Waals surface area contributed by atoms with Crippen LogP contribution in [0.5, 0.6) is 0 Å². The second-order valence-electron chi connectivity index (χ2n) is 1.72. The lowest BCUT2D eigenvalue weighted by Gasteiger charge is -2.05. The maximum absolute atomic E-state index is 5.40. The minimum Gasteiger partial charge on any atom is -0.383 e. The normalized spacial score (nSPS) is 18.1. The van der Waals surface area contributed by atoms with Gasteiger partial charge in [0.2, 0.25) is 5.11 Å². The van der Waals surface area contributed by atoms with Crippen LogP contribution in [0.25, 0.3) is 0 Å². The number of rotatable bonds is 0. The quantitative estimate of drug-likeness (QED) is 0.487. The van der Waals surface area contributed by atoms with Gasteiger partial charge in [-0.1, -0.05) is 0 Å². The Kier molecular flexibility index (Phi) is 1.48. The minimum atomic E-state index is 0.304. The molecule has 0 amide bonds. The summed E-state index contributed by atoms with van der Waals surface area (Å²) in [6.07, 6.45) is 1.62. The molecule has 4 heteroatoms. The fourth-order valence-corrected chi connectivity index (χ4v) is 0.589. The van der Waals surface area contributed by atoms with E-state index < -0.39 is 0 Å². The predicted octanol–water partition coefficient (Wildman–Crippen LogP) is 0.150. The van der Waals surface area contributed by atoms with Crippen molar-refractivity contribution in [2.24, 2.45) is 10.7 Å². The van der Waals surface area contributed by atoms with Crippen LogP contribution in [0, 0.1) is 0 Å². The molecule has 0 bridgehead atoms. The molecule has 0 aromatic rings. The maximum atomic E-state index is 5.40. The second kappa shape index (κ2) is 2.14. The first kappa shape index (κ1) is 6.22. The first-order valence-corrected chi connectivity index (χ1v) is 2.87. The molecule has 1 heterocycles. The van der Waals surface area contributed by atoms with Gasteiger partial charge in [-0.3, -0.25) is 0 Å². The van der Waals surface area contributed by atoms with Crippen LogP contribution in [-0.4, -0.2) is 10.9 Å². The van der Waals surface area contributed by atoms with E-state index in [1.54, 1.807) is 6.20 Å². The van der Waals surface area contributed by atoms with Crippen LogP contribution in [-0.2, 0) is 0 Å². The molecule has 1 aliphatic heterocycles. The van der Waals surface area contributed by atoms with Gasteiger partial charge in [0.15, 0.2) is 0 Å². The van der Waals surface area contributed by atoms with Crippen molar-refractivity contribution in [3.05, 3.63) is 11.8 Å². The van der Waals surface area contributed by atoms with Gasteiger partial charge in [-0.2, -0.15) is 0 Å². The zero-order valence-corrected chi connectivity index (χ0v) is 5.77. The number of aliphatic imine (C=N–C) groups is 1. The highest BCUT2D eigenvalue weighted by atomic mass is 32.1. The number of nitrogens with zero attached hydrogens (tertiary/aromatic N) is 2. The van der Waals surface area contributed by atoms with E-state index >= 15 is 0 Å². The Hall–Kier alpha value is -0.900. The molecule has 0 aliphatic carbocycles. The molecule has 0 aromatic carbocycles. The highest BCUT2D eigenvalue weighted by Gasteiger charge is 2.04. The number of hydrogen-bond donors (Lipinski definition) is 1. The molecule has 0 unspecified atom stereocenters. The summed E-state index contributed by atoms with van der Waals surface area (Å²) >= 11 is 4.66. The van der Waals surface area contributed by atoms with Gasteiger partial charge < -0.3 is 5.73 Å². The maximum Gasteiger partial charge on any atom is 0.221 e. The number of nitrogens with two attached hydrogens (primary N) is 1. The first-order chi connectivity index (χ1) is 4.20. The summed E-state index contributed by atoms with van der Waals surface area (Å²) in [5.74, 6) is 0.468. The Bertz CT molecular complexity index is 204. The first-order valence-electron chi connectivity index (χ1n) is 2.46. The molecule has 0 saturated carbocycles. The Labute approximate surface area is 58.6 Å². The van der Waals surface area contributed by atoms with Crippen LogP contribution in [0.15, 0.2) is 16.8 Å². The molecule has 9 heavy (non-hydrogen) atoms. The number of amidine groups is 1. The molecule has 1 rings (SSSR count). The largest absolute Gasteiger partial charge is 0.383 e. The van der Waals surface area contributed by atoms with Gasteiger partial charge in [-0.05, 0) is 19.1 Å². The van der Waals surface area contributed by atoms with Gasteiger partial charge in [-0.15, -0.1) is 0 Å². The molecule has 1 radical (unpaired) electrons. The summed E-state index contributed by atoms with van der Waals surface area (Å²) in [5, 5.41) is 4.07. The van der Waals surface area contributed by atoms with Crippen LogP contribution in [0.2, 0.25) is 0 Å². The Morgan fingerprint density at radius 2 is 2.33 bits per heavy atom. The van der Waals surface area contributed by atoms with E-state index in [4.69, 9.17) is 5.73 Å². The van der Waals surface area contributed by atoms with Gasteiger partial charge in [0.1, 0.15) is 5.84 Å². The average Bonchev–Trinajstić information content (AvgIpc) is 1.80. The molecule has 0 spiro atoms. The van der Waals surface area contributed by atoms with Gasteiger partial charge in [-0.25, -0.2) is 10.3 Å². The van der Waals surface area contributed by atoms with Crippen molar-refractivity contribution in [1.29, 1.82) is 0 Å². The smallest absolute Gasteiger partial charge is 0.221 e. The third-order valence-electron chi connectivity index (χ3n) is 0.989. The van der Waals surface area contributed by atoms with E-state index in [0.717, 1.165) is 5.57 Å². The molecule has 47 valence electrons. The van der Waals surface area contributed by atoms with Crippen molar-refractivity contribution in [3.8, 4) is 0 Å². The molecule has 3 nitrogen and oxygen atoms in total. The molecular weight excluding hydrogens is 134 g/mol. The van der Waals surface area contributed by atoms with E-state index in [1.165, 1.54) is 0 Å². The van der Waals surface area contributed by atoms with Crippen molar-refractivity contribution >= 4 is 23.2 Å². The van der Waals surface area contributed by atoms with Crippen LogP contribution in [0.3, 0.4) is 0 Å². The fourth-order valence-electron chi connectivity index (χ4n) is 0.438. The van der Waals surface area contributed by atoms with Crippen molar-refractivity contribution in [2.45, 2.75) is 6.92 Å². The van der Waals surface area contributed by atoms with Gasteiger partial charge in [0, 0.05) is 11.8 Å². The molecule has 0 aromatic heterocycles. The zero-order valence-electron chi connectivity index (χ0n) is 4.96. The summed E-state index contributed by atoms with van der Waals surface area (Å²) in [5.41, 5.74) is 6.27. The molecular formula is C5H6N3S. The SMILES string of the molecule is CC1=C[N]C(=S)N=C1N. The highest BCUT2D eigenvalue weighted by molar-refractivity contribution is 7.80. The molecule has 0 fully saturated rings. The third kappa shape index (κ3) is 1.26. The van der Waals surface area contributed by atoms with Crippen molar-refractivity contribution in [3.63, 3.8) is 0 Å².